The van der Waals surface area contributed by atoms with Crippen LogP contribution in [0.1, 0.15) is 0 Å². The molecule has 0 saturated heterocycles. The Labute approximate surface area is 143 Å². The molecule has 0 spiro atoms. The average Bonchev–Trinajstić information content (AvgIpc) is 2.44. The highest BCUT2D eigenvalue weighted by atomic mass is 16.4. The predicted octanol–water partition coefficient (Wildman–Crippen LogP) is -2.82. The van der Waals surface area contributed by atoms with E-state index in [9.17, 15) is 24.3 Å². The van der Waals surface area contributed by atoms with Gasteiger partial charge in [0.05, 0.1) is 32.9 Å². The van der Waals surface area contributed by atoms with Gasteiger partial charge in [-0.15, -0.1) is 0 Å². The molecule has 12 heteroatoms. The van der Waals surface area contributed by atoms with Crippen molar-refractivity contribution in [2.75, 3.05) is 59.1 Å². The second kappa shape index (κ2) is 12.1. The topological polar surface area (TPSA) is 179 Å². The zero-order valence-electron chi connectivity index (χ0n) is 13.6. The molecule has 0 amide bonds. The number of rotatable bonds is 15. The van der Waals surface area contributed by atoms with Crippen molar-refractivity contribution in [2.24, 2.45) is 0 Å². The molecule has 0 radical (unpaired) electrons. The van der Waals surface area contributed by atoms with Crippen molar-refractivity contribution >= 4 is 23.9 Å². The van der Waals surface area contributed by atoms with Gasteiger partial charge in [-0.2, -0.15) is 0 Å². The lowest BCUT2D eigenvalue weighted by Crippen LogP contribution is -2.44. The first-order valence-electron chi connectivity index (χ1n) is 7.29. The molecule has 0 aliphatic heterocycles. The molecule has 0 heterocycles. The summed E-state index contributed by atoms with van der Waals surface area (Å²) >= 11 is 0. The molecule has 0 aliphatic rings. The second-order valence-corrected chi connectivity index (χ2v) is 5.26. The number of hydrogen-bond donors (Lipinski definition) is 5. The zero-order valence-corrected chi connectivity index (χ0v) is 13.6. The van der Waals surface area contributed by atoms with Crippen LogP contribution in [0.2, 0.25) is 0 Å². The summed E-state index contributed by atoms with van der Waals surface area (Å²) in [6, 6.07) is 0. The highest BCUT2D eigenvalue weighted by molar-refractivity contribution is 5.73. The van der Waals surface area contributed by atoms with E-state index in [1.54, 1.807) is 0 Å². The van der Waals surface area contributed by atoms with E-state index in [0.29, 0.717) is 0 Å². The smallest absolute Gasteiger partial charge is 0.317 e. The number of carbonyl (C=O) groups is 4. The van der Waals surface area contributed by atoms with E-state index in [1.165, 1.54) is 14.7 Å². The average molecular weight is 365 g/mol. The molecular formula is C13H23N3O9. The van der Waals surface area contributed by atoms with Crippen LogP contribution in [0, 0.1) is 0 Å². The van der Waals surface area contributed by atoms with E-state index >= 15 is 0 Å². The van der Waals surface area contributed by atoms with Gasteiger partial charge in [0, 0.05) is 26.2 Å². The van der Waals surface area contributed by atoms with Crippen molar-refractivity contribution in [1.82, 2.24) is 14.7 Å². The lowest BCUT2D eigenvalue weighted by Gasteiger charge is -2.26. The van der Waals surface area contributed by atoms with Gasteiger partial charge < -0.3 is 25.5 Å². The minimum Gasteiger partial charge on any atom is -0.480 e. The van der Waals surface area contributed by atoms with Gasteiger partial charge in [-0.1, -0.05) is 0 Å². The van der Waals surface area contributed by atoms with E-state index in [4.69, 9.17) is 20.4 Å². The standard InChI is InChI=1S/C13H23N3O9/c17-9-14(1-3-15(5-10(18)19)6-11(20)21)2-4-16(7-12(22)23)8-13(24)25/h17H,1-9H2,(H,18,19)(H,20,21)(H,22,23)(H,24,25). The van der Waals surface area contributed by atoms with Crippen molar-refractivity contribution < 1.29 is 44.7 Å². The van der Waals surface area contributed by atoms with Crippen LogP contribution in [0.3, 0.4) is 0 Å². The summed E-state index contributed by atoms with van der Waals surface area (Å²) in [6.45, 7) is -1.97. The van der Waals surface area contributed by atoms with Crippen LogP contribution in [-0.4, -0.2) is 123 Å². The van der Waals surface area contributed by atoms with Gasteiger partial charge >= 0.3 is 23.9 Å². The summed E-state index contributed by atoms with van der Waals surface area (Å²) < 4.78 is 0. The van der Waals surface area contributed by atoms with E-state index in [0.717, 1.165) is 0 Å². The van der Waals surface area contributed by atoms with Crippen molar-refractivity contribution in [1.29, 1.82) is 0 Å². The van der Waals surface area contributed by atoms with Crippen molar-refractivity contribution in [3.63, 3.8) is 0 Å². The monoisotopic (exact) mass is 365 g/mol. The van der Waals surface area contributed by atoms with Crippen LogP contribution in [0.5, 0.6) is 0 Å². The molecule has 0 aliphatic carbocycles. The molecule has 0 aromatic heterocycles. The SMILES string of the molecule is O=C(O)CN(CCN(CO)CCN(CC(=O)O)CC(=O)O)CC(=O)O. The Bertz CT molecular complexity index is 400. The Hall–Kier alpha value is -2.28. The Morgan fingerprint density at radius 1 is 0.520 bits per heavy atom. The van der Waals surface area contributed by atoms with Crippen molar-refractivity contribution in [3.05, 3.63) is 0 Å². The van der Waals surface area contributed by atoms with Gasteiger partial charge in [0.25, 0.3) is 0 Å². The lowest BCUT2D eigenvalue weighted by atomic mass is 10.4. The number of aliphatic hydroxyl groups excluding tert-OH is 1. The van der Waals surface area contributed by atoms with Crippen LogP contribution < -0.4 is 0 Å². The van der Waals surface area contributed by atoms with E-state index < -0.39 is 56.8 Å². The fourth-order valence-electron chi connectivity index (χ4n) is 2.01. The Morgan fingerprint density at radius 2 is 0.760 bits per heavy atom. The van der Waals surface area contributed by atoms with Gasteiger partial charge in [-0.3, -0.25) is 33.9 Å². The summed E-state index contributed by atoms with van der Waals surface area (Å²) in [5.74, 6) is -4.76. The maximum absolute atomic E-state index is 10.7. The Morgan fingerprint density at radius 3 is 0.960 bits per heavy atom. The maximum atomic E-state index is 10.7. The highest BCUT2D eigenvalue weighted by Crippen LogP contribution is 1.96. The molecule has 0 aromatic rings. The van der Waals surface area contributed by atoms with Gasteiger partial charge in [-0.05, 0) is 0 Å². The molecule has 0 unspecified atom stereocenters. The number of carboxylic acids is 4. The third-order valence-electron chi connectivity index (χ3n) is 3.10. The van der Waals surface area contributed by atoms with Gasteiger partial charge in [-0.25, -0.2) is 0 Å². The number of hydrogen-bond acceptors (Lipinski definition) is 8. The molecule has 144 valence electrons. The van der Waals surface area contributed by atoms with Crippen molar-refractivity contribution in [3.8, 4) is 0 Å². The molecule has 0 atom stereocenters. The fourth-order valence-corrected chi connectivity index (χ4v) is 2.01. The molecule has 0 saturated carbocycles. The van der Waals surface area contributed by atoms with Crippen LogP contribution in [0.4, 0.5) is 0 Å². The minimum absolute atomic E-state index is 0.0526. The highest BCUT2D eigenvalue weighted by Gasteiger charge is 2.17. The summed E-state index contributed by atoms with van der Waals surface area (Å²) in [7, 11) is 0. The van der Waals surface area contributed by atoms with Crippen LogP contribution >= 0.6 is 0 Å². The quantitative estimate of drug-likeness (QED) is 0.188. The summed E-state index contributed by atoms with van der Waals surface area (Å²) in [4.78, 5) is 46.6. The molecule has 0 fully saturated rings. The molecular weight excluding hydrogens is 342 g/mol. The molecule has 5 N–H and O–H groups in total. The van der Waals surface area contributed by atoms with E-state index in [2.05, 4.69) is 0 Å². The number of nitrogens with zero attached hydrogens (tertiary/aromatic N) is 3. The number of aliphatic hydroxyl groups is 1. The van der Waals surface area contributed by atoms with Crippen molar-refractivity contribution in [2.45, 2.75) is 0 Å². The van der Waals surface area contributed by atoms with Crippen LogP contribution in [0.25, 0.3) is 0 Å². The summed E-state index contributed by atoms with van der Waals surface area (Å²) in [5, 5.41) is 44.3. The number of aliphatic carboxylic acids is 4. The molecule has 0 bridgehead atoms. The third kappa shape index (κ3) is 12.8. The lowest BCUT2D eigenvalue weighted by molar-refractivity contribution is -0.143. The molecule has 12 nitrogen and oxygen atoms in total. The molecule has 0 rings (SSSR count). The minimum atomic E-state index is -1.19. The van der Waals surface area contributed by atoms with Crippen LogP contribution in [-0.2, 0) is 19.2 Å². The largest absolute Gasteiger partial charge is 0.480 e. The van der Waals surface area contributed by atoms with Crippen LogP contribution in [0.15, 0.2) is 0 Å². The maximum Gasteiger partial charge on any atom is 0.317 e. The molecule has 0 aromatic carbocycles. The van der Waals surface area contributed by atoms with Gasteiger partial charge in [0.1, 0.15) is 0 Å². The van der Waals surface area contributed by atoms with E-state index in [1.807, 2.05) is 0 Å². The predicted molar refractivity (Wildman–Crippen MR) is 82.1 cm³/mol. The molecule has 25 heavy (non-hydrogen) atoms. The first kappa shape index (κ1) is 22.7. The second-order valence-electron chi connectivity index (χ2n) is 5.26. The Balaban J connectivity index is 4.53. The number of carboxylic acid groups (broad SMARTS) is 4. The summed E-state index contributed by atoms with van der Waals surface area (Å²) in [5.41, 5.74) is 0. The first-order chi connectivity index (χ1) is 11.6. The van der Waals surface area contributed by atoms with Gasteiger partial charge in [0.2, 0.25) is 0 Å². The zero-order chi connectivity index (χ0) is 19.4. The third-order valence-corrected chi connectivity index (χ3v) is 3.10. The normalized spacial score (nSPS) is 11.2. The Kier molecular flexibility index (Phi) is 11.0. The first-order valence-corrected chi connectivity index (χ1v) is 7.29. The van der Waals surface area contributed by atoms with Gasteiger partial charge in [0.15, 0.2) is 0 Å². The summed E-state index contributed by atoms with van der Waals surface area (Å²) in [6.07, 6.45) is 0. The fraction of sp³-hybridized carbons (Fsp3) is 0.692. The van der Waals surface area contributed by atoms with E-state index in [-0.39, 0.29) is 26.2 Å².